The van der Waals surface area contributed by atoms with Gasteiger partial charge in [0, 0.05) is 22.7 Å². The minimum atomic E-state index is -4.45. The molecule has 2 heterocycles. The normalized spacial score (nSPS) is 14.8. The van der Waals surface area contributed by atoms with Crippen molar-refractivity contribution in [2.24, 2.45) is 0 Å². The molecule has 0 atom stereocenters. The Morgan fingerprint density at radius 1 is 1.16 bits per heavy atom. The summed E-state index contributed by atoms with van der Waals surface area (Å²) in [7, 11) is 0. The second kappa shape index (κ2) is 7.78. The van der Waals surface area contributed by atoms with Gasteiger partial charge in [-0.2, -0.15) is 13.2 Å². The zero-order chi connectivity index (χ0) is 23.2. The summed E-state index contributed by atoms with van der Waals surface area (Å²) in [6, 6.07) is 7.77. The van der Waals surface area contributed by atoms with E-state index in [1.165, 1.54) is 24.4 Å². The van der Waals surface area contributed by atoms with E-state index < -0.39 is 23.1 Å². The van der Waals surface area contributed by atoms with Crippen LogP contribution in [0.1, 0.15) is 44.3 Å². The Balaban J connectivity index is 1.86. The van der Waals surface area contributed by atoms with Crippen molar-refractivity contribution in [1.82, 2.24) is 4.57 Å². The number of carbonyl (C=O) groups excluding carboxylic acids is 2. The van der Waals surface area contributed by atoms with Crippen molar-refractivity contribution >= 4 is 28.7 Å². The van der Waals surface area contributed by atoms with E-state index in [-0.39, 0.29) is 29.9 Å². The maximum Gasteiger partial charge on any atom is 0.416 e. The van der Waals surface area contributed by atoms with Crippen molar-refractivity contribution in [1.29, 1.82) is 0 Å². The first-order valence-electron chi connectivity index (χ1n) is 9.87. The molecule has 3 aromatic rings. The average molecular weight is 441 g/mol. The number of alkyl halides is 3. The number of ether oxygens (including phenoxy) is 1. The van der Waals surface area contributed by atoms with Crippen LogP contribution in [0.15, 0.2) is 53.0 Å². The molecule has 0 saturated heterocycles. The van der Waals surface area contributed by atoms with Gasteiger partial charge in [0.05, 0.1) is 24.2 Å². The van der Waals surface area contributed by atoms with Crippen molar-refractivity contribution in [3.05, 3.63) is 86.2 Å². The summed E-state index contributed by atoms with van der Waals surface area (Å²) in [5.74, 6) is -1.07. The fraction of sp³-hybridized carbons (Fsp3) is 0.208. The molecule has 0 fully saturated rings. The minimum absolute atomic E-state index is 0.0547. The van der Waals surface area contributed by atoms with Gasteiger partial charge in [-0.05, 0) is 55.3 Å². The van der Waals surface area contributed by atoms with Crippen LogP contribution in [0, 0.1) is 6.92 Å². The highest BCUT2D eigenvalue weighted by Crippen LogP contribution is 2.31. The summed E-state index contributed by atoms with van der Waals surface area (Å²) < 4.78 is 45.1. The molecule has 4 rings (SSSR count). The number of ketones is 1. The van der Waals surface area contributed by atoms with E-state index in [1.807, 2.05) is 0 Å². The smallest absolute Gasteiger partial charge is 0.416 e. The van der Waals surface area contributed by atoms with Gasteiger partial charge < -0.3 is 9.30 Å². The topological polar surface area (TPSA) is 65.4 Å². The summed E-state index contributed by atoms with van der Waals surface area (Å²) >= 11 is 0. The number of benzene rings is 2. The molecule has 0 saturated carbocycles. The van der Waals surface area contributed by atoms with Crippen molar-refractivity contribution in [3.63, 3.8) is 0 Å². The third-order valence-electron chi connectivity index (χ3n) is 5.27. The molecule has 0 unspecified atom stereocenters. The van der Waals surface area contributed by atoms with Gasteiger partial charge in [0.15, 0.2) is 5.78 Å². The van der Waals surface area contributed by atoms with Gasteiger partial charge in [0.25, 0.3) is 0 Å². The van der Waals surface area contributed by atoms with E-state index in [9.17, 15) is 27.6 Å². The predicted molar refractivity (Wildman–Crippen MR) is 113 cm³/mol. The number of hydrogen-bond donors (Lipinski definition) is 0. The molecular formula is C24H18F3NO4. The second-order valence-electron chi connectivity index (χ2n) is 7.55. The number of pyridine rings is 1. The van der Waals surface area contributed by atoms with Crippen LogP contribution in [0.5, 0.6) is 0 Å². The fourth-order valence-corrected chi connectivity index (χ4v) is 3.85. The molecule has 1 aliphatic rings. The van der Waals surface area contributed by atoms with E-state index in [4.69, 9.17) is 4.74 Å². The first-order valence-corrected chi connectivity index (χ1v) is 9.87. The van der Waals surface area contributed by atoms with E-state index in [0.29, 0.717) is 27.8 Å². The summed E-state index contributed by atoms with van der Waals surface area (Å²) in [4.78, 5) is 38.4. The summed E-state index contributed by atoms with van der Waals surface area (Å²) in [6.07, 6.45) is -1.57. The highest BCUT2D eigenvalue weighted by Gasteiger charge is 2.30. The van der Waals surface area contributed by atoms with E-state index in [0.717, 1.165) is 12.1 Å². The second-order valence-corrected chi connectivity index (χ2v) is 7.55. The quantitative estimate of drug-likeness (QED) is 0.433. The lowest BCUT2D eigenvalue weighted by Gasteiger charge is -2.22. The number of allylic oxidation sites excluding steroid dienone is 1. The molecule has 5 nitrogen and oxygen atoms in total. The minimum Gasteiger partial charge on any atom is -0.462 e. The Bertz CT molecular complexity index is 1350. The average Bonchev–Trinajstić information content (AvgIpc) is 2.73. The molecule has 1 aromatic heterocycles. The number of nitrogens with zero attached hydrogens (tertiary/aromatic N) is 1. The molecule has 1 aliphatic heterocycles. The van der Waals surface area contributed by atoms with E-state index in [2.05, 4.69) is 0 Å². The number of aromatic nitrogens is 1. The summed E-state index contributed by atoms with van der Waals surface area (Å²) in [5, 5.41) is 0.243. The van der Waals surface area contributed by atoms with Crippen molar-refractivity contribution in [2.75, 3.05) is 6.61 Å². The molecule has 0 radical (unpaired) electrons. The Labute approximate surface area is 180 Å². The first kappa shape index (κ1) is 21.5. The molecule has 2 aromatic carbocycles. The number of aryl methyl sites for hydroxylation is 1. The largest absolute Gasteiger partial charge is 0.462 e. The van der Waals surface area contributed by atoms with Crippen LogP contribution in [0.4, 0.5) is 13.2 Å². The third-order valence-corrected chi connectivity index (χ3v) is 5.27. The van der Waals surface area contributed by atoms with Crippen LogP contribution in [0.2, 0.25) is 0 Å². The number of carbonyl (C=O) groups is 2. The van der Waals surface area contributed by atoms with Crippen LogP contribution in [0.3, 0.4) is 0 Å². The summed E-state index contributed by atoms with van der Waals surface area (Å²) in [6.45, 7) is 3.52. The molecule has 8 heteroatoms. The molecule has 0 amide bonds. The molecule has 32 heavy (non-hydrogen) atoms. The number of rotatable bonds is 3. The Morgan fingerprint density at radius 3 is 2.47 bits per heavy atom. The lowest BCUT2D eigenvalue weighted by atomic mass is 9.92. The number of Topliss-reactive ketones (excluding diaryl/α,β-unsaturated/α-hetero) is 1. The molecule has 164 valence electrons. The number of esters is 1. The lowest BCUT2D eigenvalue weighted by molar-refractivity contribution is -0.137. The van der Waals surface area contributed by atoms with Gasteiger partial charge in [-0.25, -0.2) is 4.79 Å². The van der Waals surface area contributed by atoms with Gasteiger partial charge in [-0.1, -0.05) is 12.1 Å². The van der Waals surface area contributed by atoms with Gasteiger partial charge in [-0.3, -0.25) is 9.59 Å². The molecule has 0 spiro atoms. The van der Waals surface area contributed by atoms with Gasteiger partial charge in [-0.15, -0.1) is 0 Å². The Morgan fingerprint density at radius 2 is 1.84 bits per heavy atom. The first-order chi connectivity index (χ1) is 15.1. The van der Waals surface area contributed by atoms with Crippen molar-refractivity contribution < 1.29 is 27.5 Å². The Kier molecular flexibility index (Phi) is 5.24. The number of halogens is 3. The zero-order valence-corrected chi connectivity index (χ0v) is 17.2. The van der Waals surface area contributed by atoms with Crippen LogP contribution >= 0.6 is 0 Å². The maximum atomic E-state index is 13.2. The monoisotopic (exact) mass is 441 g/mol. The van der Waals surface area contributed by atoms with Crippen LogP contribution in [0.25, 0.3) is 17.0 Å². The SMILES string of the molecule is CCOC(=O)c1cn2c3c(cc(C)cc3c1=O)C(=O)/C(=C/c1ccc(C(F)(F)F)cc1)C2. The number of hydrogen-bond acceptors (Lipinski definition) is 4. The standard InChI is InChI=1S/C24H18F3NO4/c1-3-32-23(31)19-12-28-11-15(10-14-4-6-16(7-5-14)24(25,26)27)21(29)17-8-13(2)9-18(20(17)28)22(19)30/h4-10,12H,3,11H2,1-2H3/b15-10+. The zero-order valence-electron chi connectivity index (χ0n) is 17.2. The highest BCUT2D eigenvalue weighted by molar-refractivity contribution is 6.19. The van der Waals surface area contributed by atoms with Crippen molar-refractivity contribution in [2.45, 2.75) is 26.6 Å². The molecule has 0 aliphatic carbocycles. The van der Waals surface area contributed by atoms with Gasteiger partial charge in [0.2, 0.25) is 5.43 Å². The highest BCUT2D eigenvalue weighted by atomic mass is 19.4. The van der Waals surface area contributed by atoms with Crippen LogP contribution in [-0.4, -0.2) is 22.9 Å². The maximum absolute atomic E-state index is 13.2. The van der Waals surface area contributed by atoms with E-state index in [1.54, 1.807) is 30.5 Å². The lowest BCUT2D eigenvalue weighted by Crippen LogP contribution is -2.26. The predicted octanol–water partition coefficient (Wildman–Crippen LogP) is 4.79. The van der Waals surface area contributed by atoms with Crippen LogP contribution < -0.4 is 5.43 Å². The fourth-order valence-electron chi connectivity index (χ4n) is 3.85. The van der Waals surface area contributed by atoms with Crippen molar-refractivity contribution in [3.8, 4) is 0 Å². The van der Waals surface area contributed by atoms with Gasteiger partial charge in [0.1, 0.15) is 5.56 Å². The molecular weight excluding hydrogens is 423 g/mol. The van der Waals surface area contributed by atoms with E-state index >= 15 is 0 Å². The Hall–Kier alpha value is -3.68. The molecule has 0 N–H and O–H groups in total. The molecule has 0 bridgehead atoms. The third kappa shape index (κ3) is 3.72. The van der Waals surface area contributed by atoms with Crippen LogP contribution in [-0.2, 0) is 17.5 Å². The van der Waals surface area contributed by atoms with Gasteiger partial charge >= 0.3 is 12.1 Å². The summed E-state index contributed by atoms with van der Waals surface area (Å²) in [5.41, 5.74) is 0.711.